The van der Waals surface area contributed by atoms with Gasteiger partial charge in [-0.1, -0.05) is 6.92 Å². The summed E-state index contributed by atoms with van der Waals surface area (Å²) in [7, 11) is 0. The van der Waals surface area contributed by atoms with Crippen LogP contribution in [0.5, 0.6) is 0 Å². The van der Waals surface area contributed by atoms with Crippen molar-refractivity contribution in [2.75, 3.05) is 11.9 Å². The standard InChI is InChI=1S/C13H16N2O3.ClH/c1-3-8-5-10-11(15-12(8)16)6-9(7-14-10)13(17)18-4-2;/h6-8H,3-5H2,1-2H3,(H,15,16);1H. The predicted octanol–water partition coefficient (Wildman–Crippen LogP) is 2.20. The van der Waals surface area contributed by atoms with Gasteiger partial charge in [-0.2, -0.15) is 0 Å². The molecule has 1 aliphatic rings. The molecular formula is C13H17ClN2O3. The van der Waals surface area contributed by atoms with Gasteiger partial charge in [0.05, 0.1) is 23.6 Å². The van der Waals surface area contributed by atoms with Crippen molar-refractivity contribution in [3.63, 3.8) is 0 Å². The first-order valence-corrected chi connectivity index (χ1v) is 6.12. The molecule has 2 rings (SSSR count). The maximum Gasteiger partial charge on any atom is 0.339 e. The molecule has 1 aromatic heterocycles. The fourth-order valence-electron chi connectivity index (χ4n) is 1.98. The zero-order valence-corrected chi connectivity index (χ0v) is 11.8. The van der Waals surface area contributed by atoms with E-state index in [9.17, 15) is 9.59 Å². The van der Waals surface area contributed by atoms with Crippen molar-refractivity contribution >= 4 is 30.0 Å². The zero-order valence-electron chi connectivity index (χ0n) is 10.9. The lowest BCUT2D eigenvalue weighted by Gasteiger charge is -2.23. The van der Waals surface area contributed by atoms with Crippen molar-refractivity contribution in [2.24, 2.45) is 5.92 Å². The topological polar surface area (TPSA) is 68.3 Å². The lowest BCUT2D eigenvalue weighted by Crippen LogP contribution is -2.30. The van der Waals surface area contributed by atoms with Crippen LogP contribution in [-0.4, -0.2) is 23.5 Å². The van der Waals surface area contributed by atoms with E-state index in [1.807, 2.05) is 6.92 Å². The minimum atomic E-state index is -0.417. The molecule has 0 saturated carbocycles. The molecule has 0 aliphatic carbocycles. The van der Waals surface area contributed by atoms with Crippen molar-refractivity contribution in [1.29, 1.82) is 0 Å². The van der Waals surface area contributed by atoms with E-state index in [-0.39, 0.29) is 24.2 Å². The second kappa shape index (κ2) is 6.52. The molecule has 1 atom stereocenters. The van der Waals surface area contributed by atoms with Crippen LogP contribution in [0.25, 0.3) is 0 Å². The van der Waals surface area contributed by atoms with E-state index in [0.29, 0.717) is 24.3 Å². The first kappa shape index (κ1) is 15.4. The average molecular weight is 285 g/mol. The molecule has 1 aliphatic heterocycles. The minimum Gasteiger partial charge on any atom is -0.462 e. The molecule has 0 spiro atoms. The molecule has 1 unspecified atom stereocenters. The molecular weight excluding hydrogens is 268 g/mol. The highest BCUT2D eigenvalue weighted by atomic mass is 35.5. The molecule has 5 nitrogen and oxygen atoms in total. The molecule has 0 aromatic carbocycles. The Balaban J connectivity index is 0.00000180. The predicted molar refractivity (Wildman–Crippen MR) is 73.6 cm³/mol. The van der Waals surface area contributed by atoms with Gasteiger partial charge in [0.2, 0.25) is 5.91 Å². The van der Waals surface area contributed by atoms with Crippen molar-refractivity contribution in [3.05, 3.63) is 23.5 Å². The van der Waals surface area contributed by atoms with Crippen molar-refractivity contribution in [3.8, 4) is 0 Å². The molecule has 104 valence electrons. The third-order valence-electron chi connectivity index (χ3n) is 3.04. The lowest BCUT2D eigenvalue weighted by molar-refractivity contribution is -0.120. The number of hydrogen-bond donors (Lipinski definition) is 1. The number of aromatic nitrogens is 1. The van der Waals surface area contributed by atoms with E-state index in [2.05, 4.69) is 10.3 Å². The molecule has 0 saturated heterocycles. The molecule has 2 heterocycles. The second-order valence-corrected chi connectivity index (χ2v) is 4.24. The van der Waals surface area contributed by atoms with Crippen LogP contribution in [-0.2, 0) is 16.0 Å². The van der Waals surface area contributed by atoms with Crippen molar-refractivity contribution in [1.82, 2.24) is 4.98 Å². The van der Waals surface area contributed by atoms with Gasteiger partial charge in [0.1, 0.15) is 0 Å². The Morgan fingerprint density at radius 1 is 1.53 bits per heavy atom. The Morgan fingerprint density at radius 2 is 2.26 bits per heavy atom. The first-order chi connectivity index (χ1) is 8.65. The van der Waals surface area contributed by atoms with Crippen LogP contribution in [0.3, 0.4) is 0 Å². The molecule has 0 bridgehead atoms. The van der Waals surface area contributed by atoms with Gasteiger partial charge in [-0.15, -0.1) is 12.4 Å². The number of anilines is 1. The van der Waals surface area contributed by atoms with Gasteiger partial charge < -0.3 is 10.1 Å². The lowest BCUT2D eigenvalue weighted by atomic mass is 9.94. The Hall–Kier alpha value is -1.62. The maximum absolute atomic E-state index is 11.7. The first-order valence-electron chi connectivity index (χ1n) is 6.12. The summed E-state index contributed by atoms with van der Waals surface area (Å²) in [6.45, 7) is 4.04. The summed E-state index contributed by atoms with van der Waals surface area (Å²) in [6.07, 6.45) is 2.91. The van der Waals surface area contributed by atoms with Crippen LogP contribution in [0.4, 0.5) is 5.69 Å². The van der Waals surface area contributed by atoms with E-state index in [1.165, 1.54) is 6.20 Å². The van der Waals surface area contributed by atoms with Gasteiger partial charge in [0, 0.05) is 18.5 Å². The van der Waals surface area contributed by atoms with Gasteiger partial charge in [0.25, 0.3) is 0 Å². The number of carbonyl (C=O) groups excluding carboxylic acids is 2. The Bertz CT molecular complexity index is 491. The molecule has 1 N–H and O–H groups in total. The summed E-state index contributed by atoms with van der Waals surface area (Å²) in [6, 6.07) is 1.63. The van der Waals surface area contributed by atoms with Crippen molar-refractivity contribution < 1.29 is 14.3 Å². The summed E-state index contributed by atoms with van der Waals surface area (Å²) in [5, 5.41) is 2.79. The molecule has 19 heavy (non-hydrogen) atoms. The largest absolute Gasteiger partial charge is 0.462 e. The number of carbonyl (C=O) groups is 2. The fraction of sp³-hybridized carbons (Fsp3) is 0.462. The number of pyridine rings is 1. The highest BCUT2D eigenvalue weighted by Crippen LogP contribution is 2.26. The Morgan fingerprint density at radius 3 is 2.89 bits per heavy atom. The summed E-state index contributed by atoms with van der Waals surface area (Å²) in [5.74, 6) is -0.453. The average Bonchev–Trinajstić information content (AvgIpc) is 2.37. The van der Waals surface area contributed by atoms with Gasteiger partial charge in [0.15, 0.2) is 0 Å². The molecule has 1 amide bonds. The van der Waals surface area contributed by atoms with Crippen LogP contribution in [0.15, 0.2) is 12.3 Å². The van der Waals surface area contributed by atoms with Crippen LogP contribution >= 0.6 is 12.4 Å². The number of esters is 1. The van der Waals surface area contributed by atoms with Crippen molar-refractivity contribution in [2.45, 2.75) is 26.7 Å². The Kier molecular flexibility index (Phi) is 5.30. The third kappa shape index (κ3) is 3.23. The van der Waals surface area contributed by atoms with Crippen LogP contribution < -0.4 is 5.32 Å². The highest BCUT2D eigenvalue weighted by Gasteiger charge is 2.26. The summed E-state index contributed by atoms with van der Waals surface area (Å²) < 4.78 is 4.90. The van der Waals surface area contributed by atoms with Crippen LogP contribution in [0.1, 0.15) is 36.3 Å². The number of hydrogen-bond acceptors (Lipinski definition) is 4. The van der Waals surface area contributed by atoms with E-state index in [1.54, 1.807) is 13.0 Å². The van der Waals surface area contributed by atoms with E-state index >= 15 is 0 Å². The number of amides is 1. The second-order valence-electron chi connectivity index (χ2n) is 4.24. The number of nitrogens with zero attached hydrogens (tertiary/aromatic N) is 1. The monoisotopic (exact) mass is 284 g/mol. The van der Waals surface area contributed by atoms with Crippen LogP contribution in [0.2, 0.25) is 0 Å². The number of fused-ring (bicyclic) bond motifs is 1. The smallest absolute Gasteiger partial charge is 0.339 e. The quantitative estimate of drug-likeness (QED) is 0.864. The number of halogens is 1. The van der Waals surface area contributed by atoms with Gasteiger partial charge in [-0.25, -0.2) is 4.79 Å². The number of rotatable bonds is 3. The zero-order chi connectivity index (χ0) is 13.1. The van der Waals surface area contributed by atoms with E-state index in [0.717, 1.165) is 12.1 Å². The highest BCUT2D eigenvalue weighted by molar-refractivity contribution is 5.97. The normalized spacial score (nSPS) is 16.9. The van der Waals surface area contributed by atoms with Gasteiger partial charge in [-0.3, -0.25) is 9.78 Å². The Labute approximate surface area is 118 Å². The summed E-state index contributed by atoms with van der Waals surface area (Å²) in [4.78, 5) is 27.5. The summed E-state index contributed by atoms with van der Waals surface area (Å²) >= 11 is 0. The number of nitrogens with one attached hydrogen (secondary N) is 1. The SMILES string of the molecule is CCOC(=O)c1cnc2c(c1)NC(=O)C(CC)C2.Cl. The molecule has 1 aromatic rings. The minimum absolute atomic E-state index is 0. The fourth-order valence-corrected chi connectivity index (χ4v) is 1.98. The maximum atomic E-state index is 11.7. The summed E-state index contributed by atoms with van der Waals surface area (Å²) in [5.41, 5.74) is 1.82. The van der Waals surface area contributed by atoms with Gasteiger partial charge in [-0.05, 0) is 19.4 Å². The van der Waals surface area contributed by atoms with Crippen LogP contribution in [0, 0.1) is 5.92 Å². The van der Waals surface area contributed by atoms with E-state index in [4.69, 9.17) is 4.74 Å². The number of ether oxygens (including phenoxy) is 1. The molecule has 0 radical (unpaired) electrons. The molecule has 0 fully saturated rings. The third-order valence-corrected chi connectivity index (χ3v) is 3.04. The molecule has 6 heteroatoms. The van der Waals surface area contributed by atoms with E-state index < -0.39 is 5.97 Å². The van der Waals surface area contributed by atoms with Gasteiger partial charge >= 0.3 is 5.97 Å².